The molecule has 1 unspecified atom stereocenters. The normalized spacial score (nSPS) is 17.0. The Morgan fingerprint density at radius 1 is 1.32 bits per heavy atom. The SMILES string of the molecule is Cn1cc(C(=O)N2CCCC(OCCc3noc(-c4ccccc4)n3)C2)cn1. The molecule has 4 rings (SSSR count). The lowest BCUT2D eigenvalue weighted by Crippen LogP contribution is -2.43. The number of piperidine rings is 1. The van der Waals surface area contributed by atoms with Gasteiger partial charge in [-0.2, -0.15) is 10.1 Å². The van der Waals surface area contributed by atoms with Crippen LogP contribution in [0.25, 0.3) is 11.5 Å². The van der Waals surface area contributed by atoms with Crippen LogP contribution in [0, 0.1) is 0 Å². The fourth-order valence-corrected chi connectivity index (χ4v) is 3.34. The molecule has 0 aliphatic carbocycles. The van der Waals surface area contributed by atoms with Gasteiger partial charge in [-0.25, -0.2) is 0 Å². The lowest BCUT2D eigenvalue weighted by Gasteiger charge is -2.32. The Bertz CT molecular complexity index is 921. The predicted molar refractivity (Wildman–Crippen MR) is 102 cm³/mol. The maximum atomic E-state index is 12.6. The number of carbonyl (C=O) groups excluding carboxylic acids is 1. The first-order chi connectivity index (χ1) is 13.7. The van der Waals surface area contributed by atoms with Crippen molar-refractivity contribution in [3.8, 4) is 11.5 Å². The summed E-state index contributed by atoms with van der Waals surface area (Å²) in [5, 5.41) is 8.09. The Balaban J connectivity index is 1.27. The molecular formula is C20H23N5O3. The van der Waals surface area contributed by atoms with E-state index in [0.29, 0.717) is 36.9 Å². The van der Waals surface area contributed by atoms with E-state index < -0.39 is 0 Å². The minimum Gasteiger partial charge on any atom is -0.376 e. The molecule has 2 aromatic heterocycles. The zero-order valence-electron chi connectivity index (χ0n) is 15.8. The highest BCUT2D eigenvalue weighted by Gasteiger charge is 2.25. The second kappa shape index (κ2) is 8.35. The van der Waals surface area contributed by atoms with Gasteiger partial charge in [-0.15, -0.1) is 0 Å². The van der Waals surface area contributed by atoms with Gasteiger partial charge in [0, 0.05) is 38.3 Å². The smallest absolute Gasteiger partial charge is 0.257 e. The van der Waals surface area contributed by atoms with Crippen LogP contribution in [0.4, 0.5) is 0 Å². The summed E-state index contributed by atoms with van der Waals surface area (Å²) in [6.07, 6.45) is 5.81. The molecule has 0 bridgehead atoms. The minimum absolute atomic E-state index is 0.00655. The van der Waals surface area contributed by atoms with Crippen LogP contribution in [0.3, 0.4) is 0 Å². The van der Waals surface area contributed by atoms with E-state index in [0.717, 1.165) is 24.9 Å². The maximum Gasteiger partial charge on any atom is 0.257 e. The molecule has 1 aliphatic rings. The van der Waals surface area contributed by atoms with Gasteiger partial charge in [0.1, 0.15) is 0 Å². The number of amides is 1. The quantitative estimate of drug-likeness (QED) is 0.651. The molecule has 3 heterocycles. The van der Waals surface area contributed by atoms with Crippen LogP contribution < -0.4 is 0 Å². The fraction of sp³-hybridized carbons (Fsp3) is 0.400. The largest absolute Gasteiger partial charge is 0.376 e. The van der Waals surface area contributed by atoms with Crippen molar-refractivity contribution in [3.63, 3.8) is 0 Å². The lowest BCUT2D eigenvalue weighted by molar-refractivity contribution is 0.00251. The number of likely N-dealkylation sites (tertiary alicyclic amines) is 1. The summed E-state index contributed by atoms with van der Waals surface area (Å²) in [6.45, 7) is 1.83. The van der Waals surface area contributed by atoms with Crippen LogP contribution in [0.5, 0.6) is 0 Å². The Morgan fingerprint density at radius 3 is 2.96 bits per heavy atom. The molecule has 8 heteroatoms. The number of benzene rings is 1. The first-order valence-corrected chi connectivity index (χ1v) is 9.46. The standard InChI is InChI=1S/C20H23N5O3/c1-24-13-16(12-21-24)20(26)25-10-5-8-17(14-25)27-11-9-18-22-19(28-23-18)15-6-3-2-4-7-15/h2-4,6-7,12-13,17H,5,8-11,14H2,1H3. The van der Waals surface area contributed by atoms with E-state index >= 15 is 0 Å². The topological polar surface area (TPSA) is 86.3 Å². The average molecular weight is 381 g/mol. The Morgan fingerprint density at radius 2 is 2.18 bits per heavy atom. The second-order valence-corrected chi connectivity index (χ2v) is 6.92. The highest BCUT2D eigenvalue weighted by molar-refractivity contribution is 5.93. The second-order valence-electron chi connectivity index (χ2n) is 6.92. The number of hydrogen-bond donors (Lipinski definition) is 0. The van der Waals surface area contributed by atoms with Crippen LogP contribution in [-0.4, -0.2) is 56.5 Å². The number of ether oxygens (including phenoxy) is 1. The van der Waals surface area contributed by atoms with E-state index in [-0.39, 0.29) is 12.0 Å². The Kier molecular flexibility index (Phi) is 5.48. The Hall–Kier alpha value is -3.00. The van der Waals surface area contributed by atoms with Gasteiger partial charge in [-0.05, 0) is 25.0 Å². The van der Waals surface area contributed by atoms with Crippen molar-refractivity contribution in [2.24, 2.45) is 7.05 Å². The third-order valence-electron chi connectivity index (χ3n) is 4.79. The molecule has 0 spiro atoms. The number of carbonyl (C=O) groups is 1. The van der Waals surface area contributed by atoms with Gasteiger partial charge in [0.25, 0.3) is 11.8 Å². The molecule has 1 amide bonds. The molecule has 1 fully saturated rings. The third-order valence-corrected chi connectivity index (χ3v) is 4.79. The summed E-state index contributed by atoms with van der Waals surface area (Å²) in [5.41, 5.74) is 1.52. The number of hydrogen-bond acceptors (Lipinski definition) is 6. The zero-order valence-corrected chi connectivity index (χ0v) is 15.8. The molecule has 146 valence electrons. The van der Waals surface area contributed by atoms with Crippen molar-refractivity contribution in [1.82, 2.24) is 24.8 Å². The first kappa shape index (κ1) is 18.4. The number of aryl methyl sites for hydroxylation is 1. The molecule has 0 N–H and O–H groups in total. The molecular weight excluding hydrogens is 358 g/mol. The summed E-state index contributed by atoms with van der Waals surface area (Å²) in [4.78, 5) is 18.8. The average Bonchev–Trinajstić information content (AvgIpc) is 3.38. The van der Waals surface area contributed by atoms with Gasteiger partial charge in [0.05, 0.1) is 24.5 Å². The molecule has 3 aromatic rings. The van der Waals surface area contributed by atoms with Gasteiger partial charge in [0.2, 0.25) is 0 Å². The van der Waals surface area contributed by atoms with Crippen molar-refractivity contribution >= 4 is 5.91 Å². The van der Waals surface area contributed by atoms with Gasteiger partial charge in [-0.1, -0.05) is 23.4 Å². The molecule has 1 aromatic carbocycles. The molecule has 1 saturated heterocycles. The molecule has 1 atom stereocenters. The van der Waals surface area contributed by atoms with Crippen molar-refractivity contribution < 1.29 is 14.1 Å². The van der Waals surface area contributed by atoms with E-state index in [1.54, 1.807) is 24.1 Å². The van der Waals surface area contributed by atoms with Gasteiger partial charge in [0.15, 0.2) is 5.82 Å². The molecule has 1 aliphatic heterocycles. The monoisotopic (exact) mass is 381 g/mol. The minimum atomic E-state index is 0.00655. The predicted octanol–water partition coefficient (Wildman–Crippen LogP) is 2.33. The molecule has 0 saturated carbocycles. The summed E-state index contributed by atoms with van der Waals surface area (Å²) in [7, 11) is 1.81. The van der Waals surface area contributed by atoms with Crippen molar-refractivity contribution in [2.45, 2.75) is 25.4 Å². The van der Waals surface area contributed by atoms with Gasteiger partial charge >= 0.3 is 0 Å². The van der Waals surface area contributed by atoms with Crippen LogP contribution >= 0.6 is 0 Å². The Labute approximate surface area is 163 Å². The highest BCUT2D eigenvalue weighted by Crippen LogP contribution is 2.18. The summed E-state index contributed by atoms with van der Waals surface area (Å²) < 4.78 is 12.9. The maximum absolute atomic E-state index is 12.6. The highest BCUT2D eigenvalue weighted by atomic mass is 16.5. The van der Waals surface area contributed by atoms with Crippen molar-refractivity contribution in [2.75, 3.05) is 19.7 Å². The third kappa shape index (κ3) is 4.28. The number of rotatable bonds is 6. The van der Waals surface area contributed by atoms with E-state index in [4.69, 9.17) is 9.26 Å². The van der Waals surface area contributed by atoms with Gasteiger partial charge < -0.3 is 14.2 Å². The number of nitrogens with zero attached hydrogens (tertiary/aromatic N) is 5. The van der Waals surface area contributed by atoms with Crippen LogP contribution in [0.2, 0.25) is 0 Å². The van der Waals surface area contributed by atoms with Crippen molar-refractivity contribution in [3.05, 3.63) is 54.1 Å². The van der Waals surface area contributed by atoms with E-state index in [1.165, 1.54) is 0 Å². The molecule has 0 radical (unpaired) electrons. The molecule has 28 heavy (non-hydrogen) atoms. The first-order valence-electron chi connectivity index (χ1n) is 9.46. The van der Waals surface area contributed by atoms with E-state index in [1.807, 2.05) is 35.2 Å². The van der Waals surface area contributed by atoms with Crippen LogP contribution in [0.15, 0.2) is 47.2 Å². The molecule has 8 nitrogen and oxygen atoms in total. The zero-order chi connectivity index (χ0) is 19.3. The van der Waals surface area contributed by atoms with E-state index in [9.17, 15) is 4.79 Å². The number of aromatic nitrogens is 4. The van der Waals surface area contributed by atoms with Crippen LogP contribution in [-0.2, 0) is 18.2 Å². The fourth-order valence-electron chi connectivity index (χ4n) is 3.34. The van der Waals surface area contributed by atoms with Crippen LogP contribution in [0.1, 0.15) is 29.0 Å². The summed E-state index contributed by atoms with van der Waals surface area (Å²) >= 11 is 0. The summed E-state index contributed by atoms with van der Waals surface area (Å²) in [6, 6.07) is 9.68. The van der Waals surface area contributed by atoms with E-state index in [2.05, 4.69) is 15.2 Å². The summed E-state index contributed by atoms with van der Waals surface area (Å²) in [5.74, 6) is 1.14. The lowest BCUT2D eigenvalue weighted by atomic mass is 10.1. The van der Waals surface area contributed by atoms with Gasteiger partial charge in [-0.3, -0.25) is 9.48 Å². The van der Waals surface area contributed by atoms with Crippen molar-refractivity contribution in [1.29, 1.82) is 0 Å².